The molecule has 1 aromatic carbocycles. The Morgan fingerprint density at radius 2 is 2.04 bits per heavy atom. The topological polar surface area (TPSA) is 51.7 Å². The number of rotatable bonds is 8. The van der Waals surface area contributed by atoms with Crippen molar-refractivity contribution < 1.29 is 4.79 Å². The third-order valence-electron chi connectivity index (χ3n) is 5.18. The van der Waals surface area contributed by atoms with Crippen molar-refractivity contribution in [3.63, 3.8) is 0 Å². The second-order valence-electron chi connectivity index (χ2n) is 7.69. The fourth-order valence-electron chi connectivity index (χ4n) is 3.65. The zero-order valence-electron chi connectivity index (χ0n) is 17.1. The number of amides is 2. The minimum Gasteiger partial charge on any atom is -0.367 e. The van der Waals surface area contributed by atoms with E-state index in [0.29, 0.717) is 25.7 Å². The number of nitrogens with one attached hydrogen (secondary N) is 1. The monoisotopic (exact) mass is 381 g/mol. The van der Waals surface area contributed by atoms with Gasteiger partial charge in [-0.25, -0.2) is 4.79 Å². The first-order valence-electron chi connectivity index (χ1n) is 9.95. The molecule has 2 aromatic rings. The molecule has 1 N–H and O–H groups in total. The second kappa shape index (κ2) is 9.55. The van der Waals surface area contributed by atoms with Crippen LogP contribution in [0.15, 0.2) is 48.8 Å². The van der Waals surface area contributed by atoms with Crippen molar-refractivity contribution in [3.05, 3.63) is 59.9 Å². The number of benzene rings is 1. The van der Waals surface area contributed by atoms with Crippen molar-refractivity contribution in [2.24, 2.45) is 0 Å². The lowest BCUT2D eigenvalue weighted by Gasteiger charge is -2.27. The quantitative estimate of drug-likeness (QED) is 0.764. The summed E-state index contributed by atoms with van der Waals surface area (Å²) in [5, 5.41) is 3.11. The van der Waals surface area contributed by atoms with E-state index in [0.717, 1.165) is 25.1 Å². The van der Waals surface area contributed by atoms with Crippen LogP contribution in [0.3, 0.4) is 0 Å². The molecule has 28 heavy (non-hydrogen) atoms. The lowest BCUT2D eigenvalue weighted by atomic mass is 10.1. The van der Waals surface area contributed by atoms with E-state index in [-0.39, 0.29) is 6.03 Å². The van der Waals surface area contributed by atoms with E-state index in [4.69, 9.17) is 0 Å². The molecule has 0 saturated carbocycles. The summed E-state index contributed by atoms with van der Waals surface area (Å²) in [6, 6.07) is 12.9. The summed E-state index contributed by atoms with van der Waals surface area (Å²) in [5.74, 6) is 0. The van der Waals surface area contributed by atoms with Gasteiger partial charge < -0.3 is 20.0 Å². The Morgan fingerprint density at radius 1 is 1.21 bits per heavy atom. The minimum absolute atomic E-state index is 0.0224. The van der Waals surface area contributed by atoms with Crippen molar-refractivity contribution in [1.82, 2.24) is 20.1 Å². The third-order valence-corrected chi connectivity index (χ3v) is 5.18. The molecule has 1 aromatic heterocycles. The van der Waals surface area contributed by atoms with Gasteiger partial charge in [-0.1, -0.05) is 24.3 Å². The second-order valence-corrected chi connectivity index (χ2v) is 7.69. The van der Waals surface area contributed by atoms with Crippen LogP contribution in [0.25, 0.3) is 0 Å². The molecule has 2 heterocycles. The average molecular weight is 382 g/mol. The predicted molar refractivity (Wildman–Crippen MR) is 114 cm³/mol. The van der Waals surface area contributed by atoms with Gasteiger partial charge in [0.05, 0.1) is 0 Å². The molecule has 2 amide bonds. The Hall–Kier alpha value is -2.60. The van der Waals surface area contributed by atoms with Crippen molar-refractivity contribution in [3.8, 4) is 0 Å². The summed E-state index contributed by atoms with van der Waals surface area (Å²) < 4.78 is 0. The first-order valence-corrected chi connectivity index (χ1v) is 9.95. The van der Waals surface area contributed by atoms with E-state index >= 15 is 0 Å². The van der Waals surface area contributed by atoms with Crippen LogP contribution in [-0.2, 0) is 13.0 Å². The summed E-state index contributed by atoms with van der Waals surface area (Å²) in [6.07, 6.45) is 4.64. The van der Waals surface area contributed by atoms with Gasteiger partial charge in [0.2, 0.25) is 0 Å². The highest BCUT2D eigenvalue weighted by molar-refractivity contribution is 5.74. The molecule has 6 nitrogen and oxygen atoms in total. The number of hydrogen-bond acceptors (Lipinski definition) is 4. The Bertz CT molecular complexity index is 765. The van der Waals surface area contributed by atoms with Gasteiger partial charge in [0, 0.05) is 56.8 Å². The van der Waals surface area contributed by atoms with Crippen molar-refractivity contribution >= 4 is 11.7 Å². The number of fused-ring (bicyclic) bond motifs is 1. The highest BCUT2D eigenvalue weighted by Gasteiger charge is 2.25. The number of para-hydroxylation sites is 1. The Kier molecular flexibility index (Phi) is 6.87. The van der Waals surface area contributed by atoms with Crippen LogP contribution < -0.4 is 10.2 Å². The van der Waals surface area contributed by atoms with Gasteiger partial charge in [-0.2, -0.15) is 0 Å². The molecule has 1 unspecified atom stereocenters. The van der Waals surface area contributed by atoms with Crippen molar-refractivity contribution in [2.45, 2.75) is 25.9 Å². The number of nitrogens with zero attached hydrogens (tertiary/aromatic N) is 4. The predicted octanol–water partition coefficient (Wildman–Crippen LogP) is 2.61. The number of hydrogen-bond donors (Lipinski definition) is 1. The van der Waals surface area contributed by atoms with Crippen molar-refractivity contribution in [1.29, 1.82) is 0 Å². The minimum atomic E-state index is -0.0224. The number of likely N-dealkylation sites (N-methyl/N-ethyl adjacent to an activating group) is 1. The fourth-order valence-corrected chi connectivity index (χ4v) is 3.65. The average Bonchev–Trinajstić information content (AvgIpc) is 3.01. The van der Waals surface area contributed by atoms with Gasteiger partial charge in [0.25, 0.3) is 0 Å². The molecule has 6 heteroatoms. The van der Waals surface area contributed by atoms with Gasteiger partial charge in [0.1, 0.15) is 0 Å². The maximum absolute atomic E-state index is 12.8. The smallest absolute Gasteiger partial charge is 0.317 e. The standard InChI is InChI=1S/C22H31N5O/c1-18-15-20-8-4-5-9-21(20)27(18)12-11-24-22(28)26(14-13-25(2)3)17-19-7-6-10-23-16-19/h4-10,16,18H,11-15,17H2,1-3H3,(H,24,28). The SMILES string of the molecule is CC1Cc2ccccc2N1CCNC(=O)N(CCN(C)C)Cc1cccnc1. The van der Waals surface area contributed by atoms with Gasteiger partial charge >= 0.3 is 6.03 Å². The number of anilines is 1. The molecule has 0 aliphatic carbocycles. The Morgan fingerprint density at radius 3 is 2.79 bits per heavy atom. The molecule has 1 atom stereocenters. The molecular weight excluding hydrogens is 350 g/mol. The van der Waals surface area contributed by atoms with Crippen molar-refractivity contribution in [2.75, 3.05) is 45.2 Å². The maximum atomic E-state index is 12.8. The van der Waals surface area contributed by atoms with Crippen LogP contribution in [0.5, 0.6) is 0 Å². The zero-order chi connectivity index (χ0) is 19.9. The van der Waals surface area contributed by atoms with E-state index in [9.17, 15) is 4.79 Å². The summed E-state index contributed by atoms with van der Waals surface area (Å²) in [4.78, 5) is 23.3. The van der Waals surface area contributed by atoms with E-state index in [1.165, 1.54) is 11.3 Å². The molecule has 0 spiro atoms. The summed E-state index contributed by atoms with van der Waals surface area (Å²) >= 11 is 0. The van der Waals surface area contributed by atoms with Crippen LogP contribution in [0.1, 0.15) is 18.1 Å². The van der Waals surface area contributed by atoms with Crippen LogP contribution in [0.4, 0.5) is 10.5 Å². The van der Waals surface area contributed by atoms with Crippen LogP contribution in [0.2, 0.25) is 0 Å². The molecule has 1 aliphatic rings. The Labute approximate surface area is 168 Å². The number of carbonyl (C=O) groups excluding carboxylic acids is 1. The van der Waals surface area contributed by atoms with Crippen LogP contribution in [0, 0.1) is 0 Å². The number of pyridine rings is 1. The molecule has 150 valence electrons. The fraction of sp³-hybridized carbons (Fsp3) is 0.455. The molecule has 1 aliphatic heterocycles. The van der Waals surface area contributed by atoms with E-state index in [2.05, 4.69) is 51.3 Å². The Balaban J connectivity index is 1.56. The van der Waals surface area contributed by atoms with E-state index in [1.54, 1.807) is 6.20 Å². The summed E-state index contributed by atoms with van der Waals surface area (Å²) in [7, 11) is 4.04. The van der Waals surface area contributed by atoms with Gasteiger partial charge in [-0.3, -0.25) is 4.98 Å². The zero-order valence-corrected chi connectivity index (χ0v) is 17.1. The molecular formula is C22H31N5O. The lowest BCUT2D eigenvalue weighted by molar-refractivity contribution is 0.189. The summed E-state index contributed by atoms with van der Waals surface area (Å²) in [6.45, 7) is 5.76. The largest absolute Gasteiger partial charge is 0.367 e. The molecule has 0 fully saturated rings. The van der Waals surface area contributed by atoms with E-state index in [1.807, 2.05) is 37.3 Å². The highest BCUT2D eigenvalue weighted by Crippen LogP contribution is 2.31. The molecule has 0 bridgehead atoms. The highest BCUT2D eigenvalue weighted by atomic mass is 16.2. The maximum Gasteiger partial charge on any atom is 0.317 e. The third kappa shape index (κ3) is 5.23. The van der Waals surface area contributed by atoms with E-state index < -0.39 is 0 Å². The van der Waals surface area contributed by atoms with Gasteiger partial charge in [0.15, 0.2) is 0 Å². The number of carbonyl (C=O) groups is 1. The normalized spacial score (nSPS) is 15.6. The first-order chi connectivity index (χ1) is 13.5. The number of urea groups is 1. The summed E-state index contributed by atoms with van der Waals surface area (Å²) in [5.41, 5.74) is 3.73. The van der Waals surface area contributed by atoms with Gasteiger partial charge in [-0.15, -0.1) is 0 Å². The first kappa shape index (κ1) is 20.1. The number of aromatic nitrogens is 1. The van der Waals surface area contributed by atoms with Gasteiger partial charge in [-0.05, 0) is 50.7 Å². The van der Waals surface area contributed by atoms with Crippen LogP contribution >= 0.6 is 0 Å². The lowest BCUT2D eigenvalue weighted by Crippen LogP contribution is -2.45. The molecule has 0 saturated heterocycles. The van der Waals surface area contributed by atoms with Crippen LogP contribution in [-0.4, -0.2) is 67.1 Å². The molecule has 0 radical (unpaired) electrons. The molecule has 3 rings (SSSR count).